The largest absolute Gasteiger partial charge is 0.354 e. The van der Waals surface area contributed by atoms with E-state index in [2.05, 4.69) is 20.8 Å². The Hall–Kier alpha value is -1.63. The number of hydrogen-bond acceptors (Lipinski definition) is 5. The van der Waals surface area contributed by atoms with Crippen molar-refractivity contribution in [3.8, 4) is 11.4 Å². The molecule has 6 nitrogen and oxygen atoms in total. The third kappa shape index (κ3) is 4.67. The summed E-state index contributed by atoms with van der Waals surface area (Å²) in [6.45, 7) is 1.39. The Morgan fingerprint density at radius 3 is 3.09 bits per heavy atom. The highest BCUT2D eigenvalue weighted by Gasteiger charge is 2.21. The summed E-state index contributed by atoms with van der Waals surface area (Å²) in [4.78, 5) is 16.2. The maximum Gasteiger partial charge on any atom is 0.237 e. The topological polar surface area (TPSA) is 80.1 Å². The summed E-state index contributed by atoms with van der Waals surface area (Å²) in [5, 5.41) is 10.6. The fourth-order valence-electron chi connectivity index (χ4n) is 2.43. The Labute approximate surface area is 145 Å². The van der Waals surface area contributed by atoms with Crippen molar-refractivity contribution in [1.82, 2.24) is 20.8 Å². The fourth-order valence-corrected chi connectivity index (χ4v) is 2.62. The molecule has 124 valence electrons. The molecule has 0 saturated carbocycles. The maximum atomic E-state index is 11.8. The van der Waals surface area contributed by atoms with E-state index in [4.69, 9.17) is 16.1 Å². The van der Waals surface area contributed by atoms with Crippen LogP contribution in [0.2, 0.25) is 5.02 Å². The number of carbonyl (C=O) groups excluding carboxylic acids is 1. The molecule has 1 fully saturated rings. The van der Waals surface area contributed by atoms with Gasteiger partial charge in [0.25, 0.3) is 0 Å². The number of rotatable bonds is 5. The number of carbonyl (C=O) groups is 1. The zero-order valence-corrected chi connectivity index (χ0v) is 14.0. The molecule has 1 atom stereocenters. The number of hydrogen-bond donors (Lipinski definition) is 2. The molecule has 1 aromatic carbocycles. The summed E-state index contributed by atoms with van der Waals surface area (Å²) in [5.74, 6) is 1.03. The highest BCUT2D eigenvalue weighted by atomic mass is 35.5. The summed E-state index contributed by atoms with van der Waals surface area (Å²) >= 11 is 5.94. The first kappa shape index (κ1) is 17.7. The van der Waals surface area contributed by atoms with Crippen molar-refractivity contribution in [2.24, 2.45) is 0 Å². The van der Waals surface area contributed by atoms with Crippen molar-refractivity contribution < 1.29 is 9.32 Å². The first-order valence-corrected chi connectivity index (χ1v) is 7.70. The van der Waals surface area contributed by atoms with Crippen LogP contribution in [0.3, 0.4) is 0 Å². The molecule has 23 heavy (non-hydrogen) atoms. The van der Waals surface area contributed by atoms with Gasteiger partial charge in [-0.3, -0.25) is 4.79 Å². The van der Waals surface area contributed by atoms with Gasteiger partial charge in [0.1, 0.15) is 0 Å². The first-order chi connectivity index (χ1) is 10.7. The summed E-state index contributed by atoms with van der Waals surface area (Å²) < 4.78 is 5.20. The molecule has 0 aliphatic carbocycles. The van der Waals surface area contributed by atoms with Crippen molar-refractivity contribution in [1.29, 1.82) is 0 Å². The average molecular weight is 357 g/mol. The van der Waals surface area contributed by atoms with Crippen LogP contribution in [0.4, 0.5) is 0 Å². The molecular formula is C15H18Cl2N4O2. The van der Waals surface area contributed by atoms with Gasteiger partial charge in [0, 0.05) is 23.6 Å². The predicted octanol–water partition coefficient (Wildman–Crippen LogP) is 2.22. The minimum atomic E-state index is -0.0651. The Morgan fingerprint density at radius 2 is 2.35 bits per heavy atom. The Balaban J connectivity index is 0.00000192. The van der Waals surface area contributed by atoms with Gasteiger partial charge in [-0.1, -0.05) is 28.9 Å². The minimum Gasteiger partial charge on any atom is -0.354 e. The average Bonchev–Trinajstić information content (AvgIpc) is 3.19. The lowest BCUT2D eigenvalue weighted by Gasteiger charge is -2.09. The molecule has 1 amide bonds. The monoisotopic (exact) mass is 356 g/mol. The van der Waals surface area contributed by atoms with E-state index >= 15 is 0 Å². The van der Waals surface area contributed by atoms with E-state index in [9.17, 15) is 4.79 Å². The van der Waals surface area contributed by atoms with Gasteiger partial charge in [-0.2, -0.15) is 4.98 Å². The van der Waals surface area contributed by atoms with Gasteiger partial charge in [-0.15, -0.1) is 12.4 Å². The second kappa shape index (κ2) is 8.29. The lowest BCUT2D eigenvalue weighted by Crippen LogP contribution is -2.41. The predicted molar refractivity (Wildman–Crippen MR) is 89.7 cm³/mol. The number of nitrogens with zero attached hydrogens (tertiary/aromatic N) is 2. The molecule has 2 N–H and O–H groups in total. The molecule has 1 aliphatic rings. The normalized spacial score (nSPS) is 16.8. The van der Waals surface area contributed by atoms with Gasteiger partial charge < -0.3 is 15.2 Å². The van der Waals surface area contributed by atoms with Crippen molar-refractivity contribution >= 4 is 29.9 Å². The van der Waals surface area contributed by atoms with Crippen LogP contribution in [-0.2, 0) is 11.2 Å². The van der Waals surface area contributed by atoms with E-state index in [0.29, 0.717) is 29.7 Å². The van der Waals surface area contributed by atoms with Crippen LogP contribution in [0, 0.1) is 0 Å². The number of amides is 1. The van der Waals surface area contributed by atoms with Gasteiger partial charge in [-0.25, -0.2) is 0 Å². The van der Waals surface area contributed by atoms with Crippen molar-refractivity contribution in [3.63, 3.8) is 0 Å². The van der Waals surface area contributed by atoms with E-state index < -0.39 is 0 Å². The standard InChI is InChI=1S/C15H17ClN4O2.ClH/c16-11-4-1-3-10(9-11)14-19-13(22-20-14)6-8-18-15(21)12-5-2-7-17-12;/h1,3-4,9,12,17H,2,5-8H2,(H,18,21);1H. The van der Waals surface area contributed by atoms with Crippen LogP contribution in [0.5, 0.6) is 0 Å². The molecule has 3 rings (SSSR count). The molecule has 1 aliphatic heterocycles. The quantitative estimate of drug-likeness (QED) is 0.858. The molecule has 1 unspecified atom stereocenters. The lowest BCUT2D eigenvalue weighted by molar-refractivity contribution is -0.122. The van der Waals surface area contributed by atoms with E-state index in [1.54, 1.807) is 12.1 Å². The molecule has 1 saturated heterocycles. The third-order valence-electron chi connectivity index (χ3n) is 3.57. The van der Waals surface area contributed by atoms with Crippen molar-refractivity contribution in [3.05, 3.63) is 35.2 Å². The van der Waals surface area contributed by atoms with E-state index in [0.717, 1.165) is 24.9 Å². The first-order valence-electron chi connectivity index (χ1n) is 7.32. The summed E-state index contributed by atoms with van der Waals surface area (Å²) in [6.07, 6.45) is 2.45. The zero-order chi connectivity index (χ0) is 15.4. The summed E-state index contributed by atoms with van der Waals surface area (Å²) in [7, 11) is 0. The van der Waals surface area contributed by atoms with Crippen LogP contribution in [-0.4, -0.2) is 35.2 Å². The highest BCUT2D eigenvalue weighted by Crippen LogP contribution is 2.19. The lowest BCUT2D eigenvalue weighted by atomic mass is 10.2. The smallest absolute Gasteiger partial charge is 0.237 e. The molecule has 0 spiro atoms. The van der Waals surface area contributed by atoms with E-state index in [1.807, 2.05) is 12.1 Å². The van der Waals surface area contributed by atoms with E-state index in [-0.39, 0.29) is 24.4 Å². The van der Waals surface area contributed by atoms with Crippen molar-refractivity contribution in [2.45, 2.75) is 25.3 Å². The summed E-state index contributed by atoms with van der Waals surface area (Å²) in [6, 6.07) is 7.21. The Morgan fingerprint density at radius 1 is 1.48 bits per heavy atom. The second-order valence-corrected chi connectivity index (χ2v) is 5.65. The SMILES string of the molecule is Cl.O=C(NCCc1nc(-c2cccc(Cl)c2)no1)C1CCCN1. The second-order valence-electron chi connectivity index (χ2n) is 5.21. The molecule has 2 heterocycles. The highest BCUT2D eigenvalue weighted by molar-refractivity contribution is 6.30. The van der Waals surface area contributed by atoms with Gasteiger partial charge in [0.15, 0.2) is 0 Å². The van der Waals surface area contributed by atoms with Crippen LogP contribution in [0.1, 0.15) is 18.7 Å². The van der Waals surface area contributed by atoms with Gasteiger partial charge in [-0.05, 0) is 31.5 Å². The molecule has 0 radical (unpaired) electrons. The van der Waals surface area contributed by atoms with E-state index in [1.165, 1.54) is 0 Å². The van der Waals surface area contributed by atoms with Gasteiger partial charge in [0.2, 0.25) is 17.6 Å². The zero-order valence-electron chi connectivity index (χ0n) is 12.4. The third-order valence-corrected chi connectivity index (χ3v) is 3.80. The molecule has 8 heteroatoms. The summed E-state index contributed by atoms with van der Waals surface area (Å²) in [5.41, 5.74) is 0.807. The van der Waals surface area contributed by atoms with Gasteiger partial charge >= 0.3 is 0 Å². The van der Waals surface area contributed by atoms with Crippen LogP contribution >= 0.6 is 24.0 Å². The van der Waals surface area contributed by atoms with Crippen LogP contribution < -0.4 is 10.6 Å². The number of benzene rings is 1. The molecular weight excluding hydrogens is 339 g/mol. The number of halogens is 2. The molecule has 2 aromatic rings. The van der Waals surface area contributed by atoms with Crippen LogP contribution in [0.25, 0.3) is 11.4 Å². The number of aromatic nitrogens is 2. The van der Waals surface area contributed by atoms with Crippen LogP contribution in [0.15, 0.2) is 28.8 Å². The molecule has 0 bridgehead atoms. The number of nitrogens with one attached hydrogen (secondary N) is 2. The van der Waals surface area contributed by atoms with Crippen molar-refractivity contribution in [2.75, 3.05) is 13.1 Å². The Kier molecular flexibility index (Phi) is 6.38. The molecule has 1 aromatic heterocycles. The minimum absolute atomic E-state index is 0. The fraction of sp³-hybridized carbons (Fsp3) is 0.400. The van der Waals surface area contributed by atoms with Gasteiger partial charge in [0.05, 0.1) is 6.04 Å². The Bertz CT molecular complexity index is 656. The maximum absolute atomic E-state index is 11.8.